The van der Waals surface area contributed by atoms with Gasteiger partial charge in [0, 0.05) is 26.8 Å². The molecular weight excluding hydrogens is 398 g/mol. The molecule has 0 saturated carbocycles. The molecule has 1 heterocycles. The highest BCUT2D eigenvalue weighted by atomic mass is 32.2. The van der Waals surface area contributed by atoms with E-state index in [1.165, 1.54) is 26.2 Å². The van der Waals surface area contributed by atoms with Crippen LogP contribution >= 0.6 is 0 Å². The second-order valence-corrected chi connectivity index (χ2v) is 8.41. The lowest BCUT2D eigenvalue weighted by molar-refractivity contribution is -0.127. The fourth-order valence-corrected chi connectivity index (χ4v) is 3.72. The van der Waals surface area contributed by atoms with Crippen LogP contribution in [0.5, 0.6) is 0 Å². The summed E-state index contributed by atoms with van der Waals surface area (Å²) < 4.78 is 28.6. The van der Waals surface area contributed by atoms with Crippen molar-refractivity contribution in [3.8, 4) is 0 Å². The Morgan fingerprint density at radius 3 is 2.34 bits per heavy atom. The van der Waals surface area contributed by atoms with Gasteiger partial charge in [-0.05, 0) is 43.0 Å². The van der Waals surface area contributed by atoms with Gasteiger partial charge in [0.15, 0.2) is 0 Å². The molecule has 0 aromatic heterocycles. The van der Waals surface area contributed by atoms with E-state index in [4.69, 9.17) is 0 Å². The molecule has 1 atom stereocenters. The molecular formula is C19H25N3O6S. The molecule has 29 heavy (non-hydrogen) atoms. The Morgan fingerprint density at radius 2 is 1.83 bits per heavy atom. The maximum Gasteiger partial charge on any atom is 0.425 e. The Balaban J connectivity index is 1.90. The van der Waals surface area contributed by atoms with Crippen LogP contribution < -0.4 is 5.32 Å². The van der Waals surface area contributed by atoms with Gasteiger partial charge in [0.1, 0.15) is 4.90 Å². The molecule has 0 fully saturated rings. The first-order valence-electron chi connectivity index (χ1n) is 9.10. The predicted molar refractivity (Wildman–Crippen MR) is 105 cm³/mol. The standard InChI is InChI=1S/C19H25N3O6S/c1-5-16-13(2)12-22(17(16)23)18(24)20-11-10-14-6-8-15(9-7-14)29(26,27)28-19(25)21(3)4/h6-9,12,16H,5,10-11H2,1-4H3,(H,20,24). The SMILES string of the molecule is CCC1C(=O)N(C(=O)NCCc2ccc(S(=O)(=O)OC(=O)N(C)C)cc2)C=C1C. The van der Waals surface area contributed by atoms with Crippen LogP contribution in [0.2, 0.25) is 0 Å². The Hall–Kier alpha value is -2.88. The van der Waals surface area contributed by atoms with E-state index in [-0.39, 0.29) is 23.3 Å². The predicted octanol–water partition coefficient (Wildman–Crippen LogP) is 2.10. The topological polar surface area (TPSA) is 113 Å². The van der Waals surface area contributed by atoms with Gasteiger partial charge in [-0.15, -0.1) is 0 Å². The third-order valence-electron chi connectivity index (χ3n) is 4.49. The van der Waals surface area contributed by atoms with Gasteiger partial charge in [0.05, 0.1) is 5.92 Å². The van der Waals surface area contributed by atoms with Crippen molar-refractivity contribution in [2.45, 2.75) is 31.6 Å². The number of urea groups is 1. The number of amides is 4. The summed E-state index contributed by atoms with van der Waals surface area (Å²) in [6.07, 6.45) is 1.65. The Bertz CT molecular complexity index is 922. The second kappa shape index (κ2) is 9.08. The summed E-state index contributed by atoms with van der Waals surface area (Å²) >= 11 is 0. The van der Waals surface area contributed by atoms with Gasteiger partial charge in [0.2, 0.25) is 5.91 Å². The van der Waals surface area contributed by atoms with Gasteiger partial charge in [0.25, 0.3) is 0 Å². The van der Waals surface area contributed by atoms with Gasteiger partial charge >= 0.3 is 22.2 Å². The molecule has 4 amide bonds. The van der Waals surface area contributed by atoms with Crippen molar-refractivity contribution in [2.75, 3.05) is 20.6 Å². The van der Waals surface area contributed by atoms with Gasteiger partial charge < -0.3 is 14.4 Å². The normalized spacial score (nSPS) is 16.4. The first-order valence-corrected chi connectivity index (χ1v) is 10.5. The zero-order valence-electron chi connectivity index (χ0n) is 16.8. The molecule has 0 bridgehead atoms. The molecule has 1 aromatic rings. The number of hydrogen-bond donors (Lipinski definition) is 1. The molecule has 1 aliphatic rings. The average Bonchev–Trinajstić information content (AvgIpc) is 2.95. The lowest BCUT2D eigenvalue weighted by Crippen LogP contribution is -2.40. The van der Waals surface area contributed by atoms with Gasteiger partial charge in [-0.2, -0.15) is 8.42 Å². The van der Waals surface area contributed by atoms with Crippen LogP contribution in [0.3, 0.4) is 0 Å². The third-order valence-corrected chi connectivity index (χ3v) is 5.70. The van der Waals surface area contributed by atoms with Crippen molar-refractivity contribution in [3.63, 3.8) is 0 Å². The fraction of sp³-hybridized carbons (Fsp3) is 0.421. The first-order chi connectivity index (χ1) is 13.6. The smallest absolute Gasteiger partial charge is 0.337 e. The van der Waals surface area contributed by atoms with E-state index >= 15 is 0 Å². The Morgan fingerprint density at radius 1 is 1.21 bits per heavy atom. The summed E-state index contributed by atoms with van der Waals surface area (Å²) in [7, 11) is -1.44. The highest BCUT2D eigenvalue weighted by Gasteiger charge is 2.33. The summed E-state index contributed by atoms with van der Waals surface area (Å²) in [4.78, 5) is 37.8. The number of carbonyl (C=O) groups is 3. The largest absolute Gasteiger partial charge is 0.425 e. The first kappa shape index (κ1) is 22.4. The van der Waals surface area contributed by atoms with E-state index in [9.17, 15) is 22.8 Å². The van der Waals surface area contributed by atoms with Crippen LogP contribution in [0.4, 0.5) is 9.59 Å². The van der Waals surface area contributed by atoms with E-state index in [0.29, 0.717) is 12.8 Å². The summed E-state index contributed by atoms with van der Waals surface area (Å²) in [6.45, 7) is 3.99. The highest BCUT2D eigenvalue weighted by Crippen LogP contribution is 2.25. The number of carbonyl (C=O) groups excluding carboxylic acids is 3. The number of nitrogens with one attached hydrogen (secondary N) is 1. The van der Waals surface area contributed by atoms with Crippen molar-refractivity contribution >= 4 is 28.1 Å². The maximum absolute atomic E-state index is 12.2. The van der Waals surface area contributed by atoms with Crippen molar-refractivity contribution in [1.82, 2.24) is 15.1 Å². The molecule has 10 heteroatoms. The van der Waals surface area contributed by atoms with Crippen LogP contribution in [0.25, 0.3) is 0 Å². The van der Waals surface area contributed by atoms with Crippen LogP contribution in [0.1, 0.15) is 25.8 Å². The minimum absolute atomic E-state index is 0.144. The number of hydrogen-bond acceptors (Lipinski definition) is 6. The summed E-state index contributed by atoms with van der Waals surface area (Å²) in [6, 6.07) is 5.32. The molecule has 9 nitrogen and oxygen atoms in total. The highest BCUT2D eigenvalue weighted by molar-refractivity contribution is 7.87. The van der Waals surface area contributed by atoms with Gasteiger partial charge in [-0.1, -0.05) is 19.1 Å². The molecule has 0 radical (unpaired) electrons. The van der Waals surface area contributed by atoms with E-state index in [0.717, 1.165) is 20.9 Å². The maximum atomic E-state index is 12.2. The van der Waals surface area contributed by atoms with Crippen molar-refractivity contribution in [3.05, 3.63) is 41.6 Å². The Kier molecular flexibility index (Phi) is 7.02. The van der Waals surface area contributed by atoms with Crippen LogP contribution in [0.15, 0.2) is 40.9 Å². The zero-order valence-corrected chi connectivity index (χ0v) is 17.7. The Labute approximate surface area is 170 Å². The van der Waals surface area contributed by atoms with Gasteiger partial charge in [-0.3, -0.25) is 4.79 Å². The van der Waals surface area contributed by atoms with Crippen LogP contribution in [-0.4, -0.2) is 56.9 Å². The lowest BCUT2D eigenvalue weighted by atomic mass is 10.0. The van der Waals surface area contributed by atoms with Crippen molar-refractivity contribution < 1.29 is 27.0 Å². The van der Waals surface area contributed by atoms with Crippen LogP contribution in [-0.2, 0) is 25.5 Å². The average molecular weight is 423 g/mol. The fourth-order valence-electron chi connectivity index (χ4n) is 2.81. The molecule has 1 unspecified atom stereocenters. The monoisotopic (exact) mass is 423 g/mol. The number of rotatable bonds is 6. The summed E-state index contributed by atoms with van der Waals surface area (Å²) in [5, 5.41) is 2.68. The number of benzene rings is 1. The molecule has 0 aliphatic carbocycles. The molecule has 1 N–H and O–H groups in total. The van der Waals surface area contributed by atoms with E-state index in [1.54, 1.807) is 18.3 Å². The quantitative estimate of drug-likeness (QED) is 0.701. The molecule has 2 rings (SSSR count). The molecule has 0 spiro atoms. The minimum atomic E-state index is -4.20. The summed E-state index contributed by atoms with van der Waals surface area (Å²) in [5.41, 5.74) is 1.63. The van der Waals surface area contributed by atoms with Crippen LogP contribution in [0, 0.1) is 5.92 Å². The molecule has 158 valence electrons. The summed E-state index contributed by atoms with van der Waals surface area (Å²) in [5.74, 6) is -0.485. The van der Waals surface area contributed by atoms with E-state index in [2.05, 4.69) is 9.50 Å². The minimum Gasteiger partial charge on any atom is -0.337 e. The number of nitrogens with zero attached hydrogens (tertiary/aromatic N) is 2. The van der Waals surface area contributed by atoms with Gasteiger partial charge in [-0.25, -0.2) is 14.5 Å². The zero-order chi connectivity index (χ0) is 21.8. The lowest BCUT2D eigenvalue weighted by Gasteiger charge is -2.15. The second-order valence-electron chi connectivity index (χ2n) is 6.87. The molecule has 0 saturated heterocycles. The number of imide groups is 1. The molecule has 1 aliphatic heterocycles. The van der Waals surface area contributed by atoms with E-state index < -0.39 is 22.2 Å². The van der Waals surface area contributed by atoms with E-state index in [1.807, 2.05) is 13.8 Å². The third kappa shape index (κ3) is 5.35. The van der Waals surface area contributed by atoms with Crippen molar-refractivity contribution in [1.29, 1.82) is 0 Å². The van der Waals surface area contributed by atoms with Crippen molar-refractivity contribution in [2.24, 2.45) is 5.92 Å². The molecule has 1 aromatic carbocycles.